The third-order valence-corrected chi connectivity index (χ3v) is 6.92. The molecule has 0 aliphatic carbocycles. The van der Waals surface area contributed by atoms with Crippen molar-refractivity contribution in [3.05, 3.63) is 54.4 Å². The molecule has 0 radical (unpaired) electrons. The van der Waals surface area contributed by atoms with Crippen LogP contribution in [0.25, 0.3) is 11.1 Å². The number of benzene rings is 1. The van der Waals surface area contributed by atoms with E-state index in [1.165, 1.54) is 0 Å². The summed E-state index contributed by atoms with van der Waals surface area (Å²) in [5.41, 5.74) is 3.20. The molecule has 0 spiro atoms. The van der Waals surface area contributed by atoms with Crippen LogP contribution in [0.2, 0.25) is 0 Å². The van der Waals surface area contributed by atoms with Crippen molar-refractivity contribution in [2.24, 2.45) is 5.92 Å². The first-order chi connectivity index (χ1) is 15.2. The van der Waals surface area contributed by atoms with E-state index in [0.29, 0.717) is 19.8 Å². The highest BCUT2D eigenvalue weighted by molar-refractivity contribution is 5.88. The van der Waals surface area contributed by atoms with Crippen molar-refractivity contribution in [1.29, 1.82) is 0 Å². The molecule has 3 saturated heterocycles. The van der Waals surface area contributed by atoms with Crippen LogP contribution in [0, 0.1) is 5.92 Å². The van der Waals surface area contributed by atoms with Gasteiger partial charge >= 0.3 is 0 Å². The van der Waals surface area contributed by atoms with Crippen molar-refractivity contribution in [1.82, 2.24) is 14.8 Å². The van der Waals surface area contributed by atoms with Gasteiger partial charge in [0.05, 0.1) is 25.2 Å². The summed E-state index contributed by atoms with van der Waals surface area (Å²) in [5, 5.41) is 9.99. The van der Waals surface area contributed by atoms with Crippen LogP contribution in [0.4, 0.5) is 0 Å². The standard InChI is InChI=1S/C24H27N3O4/c28-15-21-23(17-5-3-16(4-6-17)19-2-1-9-25-12-19)20-13-26(14-22(29)27(20)21)24(30)18-7-10-31-11-8-18/h1-6,9,12,18,20-21,23,28H,7-8,10-11,13-15H2/t20-,21-,23-/m1/s1. The average Bonchev–Trinajstić information content (AvgIpc) is 2.81. The number of amides is 2. The molecule has 0 unspecified atom stereocenters. The molecule has 4 heterocycles. The molecule has 2 aromatic rings. The number of pyridine rings is 1. The van der Waals surface area contributed by atoms with E-state index in [2.05, 4.69) is 29.2 Å². The van der Waals surface area contributed by atoms with Crippen molar-refractivity contribution in [2.45, 2.75) is 30.8 Å². The summed E-state index contributed by atoms with van der Waals surface area (Å²) >= 11 is 0. The van der Waals surface area contributed by atoms with Crippen LogP contribution in [0.3, 0.4) is 0 Å². The molecule has 3 atom stereocenters. The molecule has 0 bridgehead atoms. The normalized spacial score (nSPS) is 26.4. The van der Waals surface area contributed by atoms with E-state index in [-0.39, 0.29) is 48.9 Å². The second-order valence-electron chi connectivity index (χ2n) is 8.61. The van der Waals surface area contributed by atoms with Gasteiger partial charge in [0.25, 0.3) is 0 Å². The minimum Gasteiger partial charge on any atom is -0.394 e. The smallest absolute Gasteiger partial charge is 0.242 e. The van der Waals surface area contributed by atoms with Crippen molar-refractivity contribution in [3.63, 3.8) is 0 Å². The Balaban J connectivity index is 1.35. The highest BCUT2D eigenvalue weighted by Gasteiger charge is 2.54. The molecular weight excluding hydrogens is 394 g/mol. The Hall–Kier alpha value is -2.77. The molecule has 3 aliphatic rings. The molecule has 1 aromatic heterocycles. The molecule has 7 nitrogen and oxygen atoms in total. The Kier molecular flexibility index (Phi) is 5.46. The van der Waals surface area contributed by atoms with E-state index < -0.39 is 0 Å². The number of piperazine rings is 1. The summed E-state index contributed by atoms with van der Waals surface area (Å²) < 4.78 is 5.38. The van der Waals surface area contributed by atoms with Gasteiger partial charge in [-0.1, -0.05) is 30.3 Å². The van der Waals surface area contributed by atoms with Crippen LogP contribution in [0.15, 0.2) is 48.8 Å². The summed E-state index contributed by atoms with van der Waals surface area (Å²) in [6, 6.07) is 11.8. The predicted octanol–water partition coefficient (Wildman–Crippen LogP) is 1.67. The first-order valence-corrected chi connectivity index (χ1v) is 11.0. The number of carbonyl (C=O) groups is 2. The summed E-state index contributed by atoms with van der Waals surface area (Å²) in [7, 11) is 0. The van der Waals surface area contributed by atoms with Crippen molar-refractivity contribution >= 4 is 11.8 Å². The highest BCUT2D eigenvalue weighted by Crippen LogP contribution is 2.43. The van der Waals surface area contributed by atoms with Crippen LogP contribution in [-0.2, 0) is 14.3 Å². The van der Waals surface area contributed by atoms with Gasteiger partial charge < -0.3 is 19.6 Å². The maximum Gasteiger partial charge on any atom is 0.242 e. The Morgan fingerprint density at radius 2 is 1.90 bits per heavy atom. The summed E-state index contributed by atoms with van der Waals surface area (Å²) in [4.78, 5) is 33.5. The average molecular weight is 421 g/mol. The first-order valence-electron chi connectivity index (χ1n) is 11.0. The lowest BCUT2D eigenvalue weighted by atomic mass is 9.73. The topological polar surface area (TPSA) is 83.0 Å². The number of nitrogens with zero attached hydrogens (tertiary/aromatic N) is 3. The maximum atomic E-state index is 13.0. The molecule has 1 N–H and O–H groups in total. The number of rotatable bonds is 4. The Labute approximate surface area is 181 Å². The Morgan fingerprint density at radius 3 is 2.58 bits per heavy atom. The molecule has 5 rings (SSSR count). The van der Waals surface area contributed by atoms with E-state index in [1.54, 1.807) is 16.0 Å². The fourth-order valence-corrected chi connectivity index (χ4v) is 5.30. The van der Waals surface area contributed by atoms with Gasteiger partial charge in [0, 0.05) is 44.0 Å². The lowest BCUT2D eigenvalue weighted by molar-refractivity contribution is -0.169. The molecule has 1 aromatic carbocycles. The van der Waals surface area contributed by atoms with Crippen molar-refractivity contribution in [3.8, 4) is 11.1 Å². The zero-order valence-electron chi connectivity index (χ0n) is 17.4. The van der Waals surface area contributed by atoms with E-state index in [9.17, 15) is 14.7 Å². The van der Waals surface area contributed by atoms with Gasteiger partial charge in [-0.05, 0) is 35.6 Å². The van der Waals surface area contributed by atoms with Crippen LogP contribution in [0.1, 0.15) is 24.3 Å². The summed E-state index contributed by atoms with van der Waals surface area (Å²) in [5.74, 6) is -0.0467. The van der Waals surface area contributed by atoms with Crippen LogP contribution >= 0.6 is 0 Å². The Morgan fingerprint density at radius 1 is 1.13 bits per heavy atom. The van der Waals surface area contributed by atoms with Crippen LogP contribution in [-0.4, -0.2) is 76.7 Å². The highest BCUT2D eigenvalue weighted by atomic mass is 16.5. The minimum absolute atomic E-state index is 0.0159. The number of aliphatic hydroxyl groups is 1. The lowest BCUT2D eigenvalue weighted by Crippen LogP contribution is -2.73. The van der Waals surface area contributed by atoms with E-state index >= 15 is 0 Å². The summed E-state index contributed by atoms with van der Waals surface area (Å²) in [6.07, 6.45) is 5.02. The number of carbonyl (C=O) groups excluding carboxylic acids is 2. The fraction of sp³-hybridized carbons (Fsp3) is 0.458. The van der Waals surface area contributed by atoms with Gasteiger partial charge in [0.1, 0.15) is 0 Å². The number of ether oxygens (including phenoxy) is 1. The molecule has 31 heavy (non-hydrogen) atoms. The van der Waals surface area contributed by atoms with Gasteiger partial charge in [-0.2, -0.15) is 0 Å². The van der Waals surface area contributed by atoms with E-state index in [4.69, 9.17) is 4.74 Å². The van der Waals surface area contributed by atoms with E-state index in [0.717, 1.165) is 29.5 Å². The van der Waals surface area contributed by atoms with Gasteiger partial charge in [-0.25, -0.2) is 0 Å². The van der Waals surface area contributed by atoms with Gasteiger partial charge in [0.15, 0.2) is 0 Å². The zero-order valence-corrected chi connectivity index (χ0v) is 17.4. The fourth-order valence-electron chi connectivity index (χ4n) is 5.30. The third-order valence-electron chi connectivity index (χ3n) is 6.92. The lowest BCUT2D eigenvalue weighted by Gasteiger charge is -2.59. The quantitative estimate of drug-likeness (QED) is 0.812. The first kappa shape index (κ1) is 20.2. The number of aliphatic hydroxyl groups excluding tert-OH is 1. The van der Waals surface area contributed by atoms with Gasteiger partial charge in [-0.15, -0.1) is 0 Å². The van der Waals surface area contributed by atoms with Crippen LogP contribution in [0.5, 0.6) is 0 Å². The Bertz CT molecular complexity index is 943. The van der Waals surface area contributed by atoms with Crippen LogP contribution < -0.4 is 0 Å². The van der Waals surface area contributed by atoms with Gasteiger partial charge in [-0.3, -0.25) is 14.6 Å². The largest absolute Gasteiger partial charge is 0.394 e. The number of fused-ring (bicyclic) bond motifs is 1. The van der Waals surface area contributed by atoms with E-state index in [1.807, 2.05) is 18.3 Å². The third kappa shape index (κ3) is 3.62. The number of hydrogen-bond acceptors (Lipinski definition) is 5. The molecule has 2 amide bonds. The SMILES string of the molecule is O=C(C1CCOCC1)N1CC(=O)N2[C@H](CO)[C@H](c3ccc(-c4cccnc4)cc3)[C@H]2C1. The summed E-state index contributed by atoms with van der Waals surface area (Å²) in [6.45, 7) is 1.76. The molecular formula is C24H27N3O4. The van der Waals surface area contributed by atoms with Crippen molar-refractivity contribution < 1.29 is 19.4 Å². The zero-order chi connectivity index (χ0) is 21.4. The minimum atomic E-state index is -0.234. The second-order valence-corrected chi connectivity index (χ2v) is 8.61. The maximum absolute atomic E-state index is 13.0. The monoisotopic (exact) mass is 421 g/mol. The number of hydrogen-bond donors (Lipinski definition) is 1. The predicted molar refractivity (Wildman–Crippen MR) is 114 cm³/mol. The molecule has 0 saturated carbocycles. The molecule has 3 aliphatic heterocycles. The molecule has 162 valence electrons. The second kappa shape index (κ2) is 8.40. The molecule has 3 fully saturated rings. The number of aromatic nitrogens is 1. The molecule has 7 heteroatoms. The van der Waals surface area contributed by atoms with Crippen molar-refractivity contribution in [2.75, 3.05) is 32.9 Å². The van der Waals surface area contributed by atoms with Gasteiger partial charge in [0.2, 0.25) is 11.8 Å².